The molecule has 40 heavy (non-hydrogen) atoms. The number of carboxylic acid groups (broad SMARTS) is 1. The molecule has 3 aliphatic rings. The number of fused-ring (bicyclic) bond motifs is 1. The van der Waals surface area contributed by atoms with E-state index in [0.29, 0.717) is 34.1 Å². The first kappa shape index (κ1) is 28.3. The summed E-state index contributed by atoms with van der Waals surface area (Å²) in [5.74, 6) is -4.51. The number of β-lactam (4-membered cyclic amide) rings is 1. The standard InChI is InChI=1S/C20H16F3N7O6S4/c21-20(22,23)17(35)27-18-25-9(5-38-18)10(29-36-8-1-2-8)13(31)26-11-14(32)30-12(16(33)34)7(3-37-15(11)30)4-39-19-28-24-6-40-19/h5-6,8,11,15H,1-4H2,(H,26,31)(H,33,34)(H,25,27,35)/t11-,15-/m1/s1. The van der Waals surface area contributed by atoms with Crippen molar-refractivity contribution >= 4 is 80.7 Å². The maximum atomic E-state index is 13.2. The van der Waals surface area contributed by atoms with Crippen LogP contribution in [0.3, 0.4) is 0 Å². The number of aromatic nitrogens is 3. The predicted octanol–water partition coefficient (Wildman–Crippen LogP) is 1.91. The molecule has 3 N–H and O–H groups in total. The lowest BCUT2D eigenvalue weighted by molar-refractivity contribution is -0.167. The molecule has 2 fully saturated rings. The summed E-state index contributed by atoms with van der Waals surface area (Å²) >= 11 is 4.50. The topological polar surface area (TPSA) is 176 Å². The number of oxime groups is 1. The van der Waals surface area contributed by atoms with Gasteiger partial charge in [-0.25, -0.2) is 9.78 Å². The van der Waals surface area contributed by atoms with E-state index >= 15 is 0 Å². The summed E-state index contributed by atoms with van der Waals surface area (Å²) in [5.41, 5.74) is 1.31. The molecule has 13 nitrogen and oxygen atoms in total. The zero-order valence-electron chi connectivity index (χ0n) is 19.7. The molecule has 1 saturated heterocycles. The molecule has 3 amide bonds. The van der Waals surface area contributed by atoms with Crippen LogP contribution in [0.2, 0.25) is 0 Å². The average Bonchev–Trinajstić information content (AvgIpc) is 3.37. The number of rotatable bonds is 10. The molecule has 212 valence electrons. The number of carbonyl (C=O) groups excluding carboxylic acids is 3. The number of anilines is 1. The van der Waals surface area contributed by atoms with Gasteiger partial charge in [0.15, 0.2) is 15.2 Å². The summed E-state index contributed by atoms with van der Waals surface area (Å²) in [5, 5.41) is 25.5. The highest BCUT2D eigenvalue weighted by molar-refractivity contribution is 8.01. The van der Waals surface area contributed by atoms with Gasteiger partial charge in [0.25, 0.3) is 11.8 Å². The summed E-state index contributed by atoms with van der Waals surface area (Å²) in [4.78, 5) is 59.7. The van der Waals surface area contributed by atoms with Crippen LogP contribution in [0.4, 0.5) is 18.3 Å². The number of carbonyl (C=O) groups is 4. The number of hydrogen-bond donors (Lipinski definition) is 3. The minimum Gasteiger partial charge on any atom is -0.477 e. The zero-order chi connectivity index (χ0) is 28.6. The van der Waals surface area contributed by atoms with Gasteiger partial charge >= 0.3 is 18.1 Å². The second kappa shape index (κ2) is 11.3. The monoisotopic (exact) mass is 635 g/mol. The fraction of sp³-hybridized carbons (Fsp3) is 0.400. The molecule has 1 aliphatic carbocycles. The van der Waals surface area contributed by atoms with Crippen molar-refractivity contribution in [2.24, 2.45) is 5.16 Å². The van der Waals surface area contributed by atoms with E-state index in [9.17, 15) is 37.5 Å². The van der Waals surface area contributed by atoms with Gasteiger partial charge in [-0.2, -0.15) is 13.2 Å². The van der Waals surface area contributed by atoms with Crippen molar-refractivity contribution in [1.82, 2.24) is 25.4 Å². The molecular formula is C20H16F3N7O6S4. The van der Waals surface area contributed by atoms with Crippen molar-refractivity contribution in [3.8, 4) is 0 Å². The second-order valence-corrected chi connectivity index (χ2v) is 12.4. The van der Waals surface area contributed by atoms with E-state index < -0.39 is 52.1 Å². The number of amides is 3. The van der Waals surface area contributed by atoms with Gasteiger partial charge < -0.3 is 15.3 Å². The number of nitrogens with one attached hydrogen (secondary N) is 2. The summed E-state index contributed by atoms with van der Waals surface area (Å²) in [6.45, 7) is 0. The molecule has 5 rings (SSSR count). The van der Waals surface area contributed by atoms with Gasteiger partial charge in [-0.15, -0.1) is 33.3 Å². The summed E-state index contributed by atoms with van der Waals surface area (Å²) in [6, 6.07) is -1.10. The Morgan fingerprint density at radius 2 is 2.05 bits per heavy atom. The number of thiazole rings is 1. The van der Waals surface area contributed by atoms with Crippen molar-refractivity contribution in [3.63, 3.8) is 0 Å². The van der Waals surface area contributed by atoms with Gasteiger partial charge in [0.1, 0.15) is 34.4 Å². The molecule has 2 aromatic rings. The number of nitrogens with zero attached hydrogens (tertiary/aromatic N) is 5. The van der Waals surface area contributed by atoms with Crippen LogP contribution in [-0.2, 0) is 24.0 Å². The molecule has 0 spiro atoms. The van der Waals surface area contributed by atoms with E-state index in [1.54, 1.807) is 10.8 Å². The average molecular weight is 636 g/mol. The molecule has 20 heteroatoms. The molecule has 2 aromatic heterocycles. The third-order valence-electron chi connectivity index (χ3n) is 5.50. The Balaban J connectivity index is 1.30. The van der Waals surface area contributed by atoms with Crippen LogP contribution in [0.25, 0.3) is 0 Å². The number of hydrogen-bond acceptors (Lipinski definition) is 13. The van der Waals surface area contributed by atoms with E-state index in [-0.39, 0.29) is 29.0 Å². The van der Waals surface area contributed by atoms with Crippen LogP contribution in [0.5, 0.6) is 0 Å². The molecule has 1 saturated carbocycles. The summed E-state index contributed by atoms with van der Waals surface area (Å²) in [6.07, 6.45) is -3.98. The highest BCUT2D eigenvalue weighted by atomic mass is 32.2. The molecule has 2 aliphatic heterocycles. The van der Waals surface area contributed by atoms with Crippen LogP contribution in [0, 0.1) is 0 Å². The maximum Gasteiger partial charge on any atom is 0.471 e. The maximum absolute atomic E-state index is 13.2. The van der Waals surface area contributed by atoms with Crippen molar-refractivity contribution < 1.29 is 42.3 Å². The molecular weight excluding hydrogens is 620 g/mol. The van der Waals surface area contributed by atoms with Crippen molar-refractivity contribution in [3.05, 3.63) is 27.9 Å². The number of alkyl halides is 3. The highest BCUT2D eigenvalue weighted by Crippen LogP contribution is 2.41. The largest absolute Gasteiger partial charge is 0.477 e. The van der Waals surface area contributed by atoms with Crippen molar-refractivity contribution in [2.75, 3.05) is 16.8 Å². The zero-order valence-corrected chi connectivity index (χ0v) is 23.0. The number of carboxylic acids is 1. The molecule has 4 heterocycles. The normalized spacial score (nSPS) is 21.0. The molecule has 0 unspecified atom stereocenters. The number of thioether (sulfide) groups is 2. The smallest absolute Gasteiger partial charge is 0.471 e. The van der Waals surface area contributed by atoms with Gasteiger partial charge in [0.2, 0.25) is 0 Å². The summed E-state index contributed by atoms with van der Waals surface area (Å²) < 4.78 is 38.4. The highest BCUT2D eigenvalue weighted by Gasteiger charge is 2.54. The Bertz CT molecular complexity index is 1410. The lowest BCUT2D eigenvalue weighted by Crippen LogP contribution is -2.71. The molecule has 0 radical (unpaired) electrons. The Labute approximate surface area is 238 Å². The van der Waals surface area contributed by atoms with Gasteiger partial charge in [-0.1, -0.05) is 28.3 Å². The lowest BCUT2D eigenvalue weighted by atomic mass is 10.0. The van der Waals surface area contributed by atoms with E-state index in [1.165, 1.54) is 40.2 Å². The first-order valence-corrected chi connectivity index (χ1v) is 15.0. The quantitative estimate of drug-likeness (QED) is 0.150. The fourth-order valence-corrected chi connectivity index (χ4v) is 7.16. The third kappa shape index (κ3) is 6.08. The van der Waals surface area contributed by atoms with Crippen LogP contribution in [0.15, 0.2) is 31.7 Å². The van der Waals surface area contributed by atoms with Crippen LogP contribution < -0.4 is 10.6 Å². The Morgan fingerprint density at radius 1 is 1.27 bits per heavy atom. The minimum atomic E-state index is -5.14. The van der Waals surface area contributed by atoms with Crippen LogP contribution in [-0.4, -0.2) is 89.8 Å². The molecule has 0 bridgehead atoms. The minimum absolute atomic E-state index is 0.160. The number of aliphatic carboxylic acids is 1. The van der Waals surface area contributed by atoms with Gasteiger partial charge in [0, 0.05) is 16.9 Å². The Kier molecular flexibility index (Phi) is 8.02. The SMILES string of the molecule is O=C(O)C1=C(CSc2nncs2)CS[C@@H]2[C@H](NC(=O)C(=NOC3CC3)c3csc(NC(=O)C(F)(F)F)n3)C(=O)N12. The van der Waals surface area contributed by atoms with E-state index in [2.05, 4.69) is 25.7 Å². The first-order valence-electron chi connectivity index (χ1n) is 11.2. The number of halogens is 3. The van der Waals surface area contributed by atoms with Crippen LogP contribution in [0.1, 0.15) is 18.5 Å². The van der Waals surface area contributed by atoms with Crippen molar-refractivity contribution in [2.45, 2.75) is 40.9 Å². The Morgan fingerprint density at radius 3 is 2.70 bits per heavy atom. The predicted molar refractivity (Wildman–Crippen MR) is 138 cm³/mol. The first-order chi connectivity index (χ1) is 19.0. The Hall–Kier alpha value is -3.23. The van der Waals surface area contributed by atoms with E-state index in [1.807, 2.05) is 0 Å². The van der Waals surface area contributed by atoms with Crippen molar-refractivity contribution in [1.29, 1.82) is 0 Å². The van der Waals surface area contributed by atoms with Gasteiger partial charge in [0.05, 0.1) is 0 Å². The van der Waals surface area contributed by atoms with Gasteiger partial charge in [-0.3, -0.25) is 24.6 Å². The molecule has 0 aromatic carbocycles. The van der Waals surface area contributed by atoms with E-state index in [4.69, 9.17) is 4.84 Å². The van der Waals surface area contributed by atoms with E-state index in [0.717, 1.165) is 4.90 Å². The fourth-order valence-electron chi connectivity index (χ4n) is 3.49. The molecule has 2 atom stereocenters. The third-order valence-corrected chi connectivity index (χ3v) is 9.55. The summed E-state index contributed by atoms with van der Waals surface area (Å²) in [7, 11) is 0. The van der Waals surface area contributed by atoms with Gasteiger partial charge in [-0.05, 0) is 18.4 Å². The second-order valence-electron chi connectivity index (χ2n) is 8.35. The van der Waals surface area contributed by atoms with Crippen LogP contribution >= 0.6 is 46.2 Å². The lowest BCUT2D eigenvalue weighted by Gasteiger charge is -2.49.